The minimum absolute atomic E-state index is 0.125. The predicted octanol–water partition coefficient (Wildman–Crippen LogP) is 2.25. The highest BCUT2D eigenvalue weighted by atomic mass is 35.5. The molecule has 0 saturated carbocycles. The number of aromatic nitrogens is 3. The van der Waals surface area contributed by atoms with Gasteiger partial charge in [-0.2, -0.15) is 5.10 Å². The highest BCUT2D eigenvalue weighted by Gasteiger charge is 2.15. The molecule has 0 bridgehead atoms. The highest BCUT2D eigenvalue weighted by molar-refractivity contribution is 6.33. The number of hydrogen-bond donors (Lipinski definition) is 2. The number of nitrogens with zero attached hydrogens (tertiary/aromatic N) is 3. The first-order valence-corrected chi connectivity index (χ1v) is 6.93. The van der Waals surface area contributed by atoms with Crippen LogP contribution in [0.25, 0.3) is 5.69 Å². The number of carbonyl (C=O) groups excluding carboxylic acids is 1. The molecule has 1 aromatic carbocycles. The highest BCUT2D eigenvalue weighted by Crippen LogP contribution is 2.27. The fourth-order valence-electron chi connectivity index (χ4n) is 1.71. The zero-order chi connectivity index (χ0) is 15.5. The Morgan fingerprint density at radius 2 is 2.14 bits per heavy atom. The first kappa shape index (κ1) is 15.5. The van der Waals surface area contributed by atoms with Crippen LogP contribution in [-0.2, 0) is 4.79 Å². The molecule has 1 aromatic heterocycles. The van der Waals surface area contributed by atoms with Crippen LogP contribution in [0.1, 0.15) is 20.8 Å². The molecule has 7 heteroatoms. The third-order valence-corrected chi connectivity index (χ3v) is 2.99. The standard InChI is InChI=1S/C14H18ClN5O/c1-14(2,3)17-7-12(21)19-11-6-4-5-10(15)13(11)20-9-16-8-18-20/h4-6,8-9,17H,7H2,1-3H3,(H,19,21). The molecule has 2 N–H and O–H groups in total. The van der Waals surface area contributed by atoms with Crippen molar-refractivity contribution in [1.29, 1.82) is 0 Å². The molecule has 112 valence electrons. The molecule has 2 aromatic rings. The minimum atomic E-state index is -0.145. The lowest BCUT2D eigenvalue weighted by atomic mass is 10.1. The topological polar surface area (TPSA) is 71.8 Å². The van der Waals surface area contributed by atoms with Crippen molar-refractivity contribution in [3.63, 3.8) is 0 Å². The van der Waals surface area contributed by atoms with Gasteiger partial charge in [0.05, 0.1) is 17.3 Å². The van der Waals surface area contributed by atoms with Gasteiger partial charge in [-0.05, 0) is 32.9 Å². The lowest BCUT2D eigenvalue weighted by Gasteiger charge is -2.20. The summed E-state index contributed by atoms with van der Waals surface area (Å²) in [7, 11) is 0. The molecule has 0 spiro atoms. The van der Waals surface area contributed by atoms with Crippen molar-refractivity contribution in [2.75, 3.05) is 11.9 Å². The molecule has 0 saturated heterocycles. The van der Waals surface area contributed by atoms with Gasteiger partial charge in [-0.15, -0.1) is 0 Å². The Morgan fingerprint density at radius 3 is 2.76 bits per heavy atom. The van der Waals surface area contributed by atoms with Gasteiger partial charge in [0, 0.05) is 5.54 Å². The van der Waals surface area contributed by atoms with Crippen LogP contribution in [-0.4, -0.2) is 32.8 Å². The maximum atomic E-state index is 12.0. The van der Waals surface area contributed by atoms with Crippen LogP contribution < -0.4 is 10.6 Å². The Kier molecular flexibility index (Phi) is 4.59. The van der Waals surface area contributed by atoms with Crippen LogP contribution in [0.3, 0.4) is 0 Å². The van der Waals surface area contributed by atoms with Gasteiger partial charge in [0.2, 0.25) is 5.91 Å². The second-order valence-corrected chi connectivity index (χ2v) is 6.03. The van der Waals surface area contributed by atoms with E-state index < -0.39 is 0 Å². The molecule has 2 rings (SSSR count). The number of anilines is 1. The smallest absolute Gasteiger partial charge is 0.238 e. The number of carbonyl (C=O) groups is 1. The number of benzene rings is 1. The molecule has 0 unspecified atom stereocenters. The molecular formula is C14H18ClN5O. The molecular weight excluding hydrogens is 290 g/mol. The SMILES string of the molecule is CC(C)(C)NCC(=O)Nc1cccc(Cl)c1-n1cncn1. The number of hydrogen-bond acceptors (Lipinski definition) is 4. The predicted molar refractivity (Wildman–Crippen MR) is 82.8 cm³/mol. The summed E-state index contributed by atoms with van der Waals surface area (Å²) in [6.07, 6.45) is 2.94. The van der Waals surface area contributed by atoms with E-state index in [1.807, 2.05) is 20.8 Å². The largest absolute Gasteiger partial charge is 0.323 e. The molecule has 0 aliphatic carbocycles. The van der Waals surface area contributed by atoms with E-state index in [-0.39, 0.29) is 18.0 Å². The van der Waals surface area contributed by atoms with Gasteiger partial charge in [0.1, 0.15) is 18.3 Å². The summed E-state index contributed by atoms with van der Waals surface area (Å²) in [5.41, 5.74) is 1.06. The van der Waals surface area contributed by atoms with Crippen molar-refractivity contribution < 1.29 is 4.79 Å². The average molecular weight is 308 g/mol. The Labute approximate surface area is 128 Å². The maximum absolute atomic E-state index is 12.0. The summed E-state index contributed by atoms with van der Waals surface area (Å²) >= 11 is 6.20. The normalized spacial score (nSPS) is 11.4. The molecule has 21 heavy (non-hydrogen) atoms. The van der Waals surface area contributed by atoms with Gasteiger partial charge >= 0.3 is 0 Å². The van der Waals surface area contributed by atoms with Crippen LogP contribution in [0.5, 0.6) is 0 Å². The van der Waals surface area contributed by atoms with E-state index in [9.17, 15) is 4.79 Å². The third kappa shape index (κ3) is 4.27. The van der Waals surface area contributed by atoms with Gasteiger partial charge < -0.3 is 10.6 Å². The summed E-state index contributed by atoms with van der Waals surface area (Å²) in [5.74, 6) is -0.145. The van der Waals surface area contributed by atoms with E-state index in [1.54, 1.807) is 18.2 Å². The van der Waals surface area contributed by atoms with E-state index in [1.165, 1.54) is 17.3 Å². The zero-order valence-corrected chi connectivity index (χ0v) is 13.0. The third-order valence-electron chi connectivity index (χ3n) is 2.69. The first-order chi connectivity index (χ1) is 9.87. The average Bonchev–Trinajstić information content (AvgIpc) is 2.89. The number of halogens is 1. The number of nitrogens with one attached hydrogen (secondary N) is 2. The van der Waals surface area contributed by atoms with E-state index in [0.717, 1.165) is 0 Å². The molecule has 0 fully saturated rings. The quantitative estimate of drug-likeness (QED) is 0.909. The van der Waals surface area contributed by atoms with Gasteiger partial charge in [-0.3, -0.25) is 4.79 Å². The molecule has 0 atom stereocenters. The van der Waals surface area contributed by atoms with Gasteiger partial charge in [0.15, 0.2) is 0 Å². The van der Waals surface area contributed by atoms with Crippen molar-refractivity contribution in [1.82, 2.24) is 20.1 Å². The molecule has 1 heterocycles. The molecule has 1 amide bonds. The lowest BCUT2D eigenvalue weighted by Crippen LogP contribution is -2.41. The summed E-state index contributed by atoms with van der Waals surface area (Å²) in [5, 5.41) is 10.5. The van der Waals surface area contributed by atoms with Crippen LogP contribution in [0, 0.1) is 0 Å². The van der Waals surface area contributed by atoms with Crippen LogP contribution in [0.15, 0.2) is 30.9 Å². The van der Waals surface area contributed by atoms with Crippen LogP contribution in [0.2, 0.25) is 5.02 Å². The Hall–Kier alpha value is -1.92. The number of para-hydroxylation sites is 1. The minimum Gasteiger partial charge on any atom is -0.323 e. The second-order valence-electron chi connectivity index (χ2n) is 5.63. The van der Waals surface area contributed by atoms with Crippen molar-refractivity contribution in [3.05, 3.63) is 35.9 Å². The fourth-order valence-corrected chi connectivity index (χ4v) is 1.97. The Bertz CT molecular complexity index is 619. The van der Waals surface area contributed by atoms with Gasteiger partial charge in [-0.25, -0.2) is 9.67 Å². The second kappa shape index (κ2) is 6.24. The van der Waals surface area contributed by atoms with Gasteiger partial charge in [-0.1, -0.05) is 17.7 Å². The van der Waals surface area contributed by atoms with Crippen molar-refractivity contribution in [3.8, 4) is 5.69 Å². The summed E-state index contributed by atoms with van der Waals surface area (Å²) in [6, 6.07) is 5.29. The zero-order valence-electron chi connectivity index (χ0n) is 12.2. The first-order valence-electron chi connectivity index (χ1n) is 6.55. The van der Waals surface area contributed by atoms with Crippen LogP contribution in [0.4, 0.5) is 5.69 Å². The van der Waals surface area contributed by atoms with Gasteiger partial charge in [0.25, 0.3) is 0 Å². The number of amides is 1. The van der Waals surface area contributed by atoms with E-state index >= 15 is 0 Å². The van der Waals surface area contributed by atoms with E-state index in [4.69, 9.17) is 11.6 Å². The summed E-state index contributed by atoms with van der Waals surface area (Å²) in [4.78, 5) is 15.9. The lowest BCUT2D eigenvalue weighted by molar-refractivity contribution is -0.115. The maximum Gasteiger partial charge on any atom is 0.238 e. The monoisotopic (exact) mass is 307 g/mol. The summed E-state index contributed by atoms with van der Waals surface area (Å²) < 4.78 is 1.52. The molecule has 0 radical (unpaired) electrons. The molecule has 0 aliphatic rings. The molecule has 0 aliphatic heterocycles. The Balaban J connectivity index is 2.17. The number of rotatable bonds is 4. The summed E-state index contributed by atoms with van der Waals surface area (Å²) in [6.45, 7) is 6.22. The molecule has 6 nitrogen and oxygen atoms in total. The van der Waals surface area contributed by atoms with E-state index in [0.29, 0.717) is 16.4 Å². The van der Waals surface area contributed by atoms with Crippen molar-refractivity contribution in [2.45, 2.75) is 26.3 Å². The fraction of sp³-hybridized carbons (Fsp3) is 0.357. The Morgan fingerprint density at radius 1 is 1.38 bits per heavy atom. The van der Waals surface area contributed by atoms with E-state index in [2.05, 4.69) is 20.7 Å². The van der Waals surface area contributed by atoms with Crippen molar-refractivity contribution >= 4 is 23.2 Å². The van der Waals surface area contributed by atoms with Crippen LogP contribution >= 0.6 is 11.6 Å². The van der Waals surface area contributed by atoms with Crippen molar-refractivity contribution in [2.24, 2.45) is 0 Å².